The third kappa shape index (κ3) is 4.26. The Morgan fingerprint density at radius 2 is 1.02 bits per heavy atom. The van der Waals surface area contributed by atoms with Crippen LogP contribution in [0.4, 0.5) is 0 Å². The molecule has 0 aliphatic heterocycles. The summed E-state index contributed by atoms with van der Waals surface area (Å²) >= 11 is 0. The number of rotatable bonds is 4. The third-order valence-electron chi connectivity index (χ3n) is 9.85. The first-order valence-electron chi connectivity index (χ1n) is 16.9. The smallest absolute Gasteiger partial charge is 0.164 e. The van der Waals surface area contributed by atoms with Gasteiger partial charge in [-0.1, -0.05) is 97.1 Å². The van der Waals surface area contributed by atoms with Crippen LogP contribution >= 0.6 is 0 Å². The second kappa shape index (κ2) is 10.7. The summed E-state index contributed by atoms with van der Waals surface area (Å²) < 4.78 is 15.1. The number of benzene rings is 7. The van der Waals surface area contributed by atoms with Crippen molar-refractivity contribution in [2.24, 2.45) is 0 Å². The molecule has 0 spiro atoms. The summed E-state index contributed by atoms with van der Waals surface area (Å²) in [6.45, 7) is 0. The number of fused-ring (bicyclic) bond motifs is 9. The monoisotopic (exact) mass is 654 g/mol. The van der Waals surface area contributed by atoms with Crippen LogP contribution in [0.3, 0.4) is 0 Å². The van der Waals surface area contributed by atoms with Crippen LogP contribution in [0.15, 0.2) is 167 Å². The van der Waals surface area contributed by atoms with Crippen molar-refractivity contribution in [3.05, 3.63) is 158 Å². The maximum atomic E-state index is 6.51. The molecule has 0 amide bonds. The van der Waals surface area contributed by atoms with Gasteiger partial charge >= 0.3 is 0 Å². The average Bonchev–Trinajstić information content (AvgIpc) is 3.86. The first kappa shape index (κ1) is 27.9. The second-order valence-corrected chi connectivity index (χ2v) is 12.8. The molecule has 0 saturated carbocycles. The largest absolute Gasteiger partial charge is 0.456 e. The molecule has 11 aromatic rings. The number of para-hydroxylation sites is 3. The van der Waals surface area contributed by atoms with Gasteiger partial charge in [0, 0.05) is 54.7 Å². The van der Waals surface area contributed by atoms with Crippen LogP contribution in [-0.2, 0) is 0 Å². The zero-order valence-corrected chi connectivity index (χ0v) is 27.1. The van der Waals surface area contributed by atoms with Gasteiger partial charge in [0.1, 0.15) is 22.3 Å². The lowest BCUT2D eigenvalue weighted by Gasteiger charge is -2.09. The molecule has 6 heteroatoms. The lowest BCUT2D eigenvalue weighted by atomic mass is 10.0. The van der Waals surface area contributed by atoms with Crippen LogP contribution in [0.25, 0.3) is 106 Å². The summed E-state index contributed by atoms with van der Waals surface area (Å²) in [5.41, 5.74) is 9.34. The van der Waals surface area contributed by atoms with Gasteiger partial charge in [0.25, 0.3) is 0 Å². The number of furan rings is 2. The summed E-state index contributed by atoms with van der Waals surface area (Å²) in [5, 5.41) is 6.38. The molecule has 0 unspecified atom stereocenters. The Kier molecular flexibility index (Phi) is 5.86. The number of hydrogen-bond acceptors (Lipinski definition) is 5. The molecule has 51 heavy (non-hydrogen) atoms. The van der Waals surface area contributed by atoms with Crippen molar-refractivity contribution in [3.63, 3.8) is 0 Å². The molecule has 0 aliphatic carbocycles. The number of aromatic nitrogens is 4. The average molecular weight is 655 g/mol. The molecule has 6 nitrogen and oxygen atoms in total. The standard InChI is InChI=1S/C45H26N4O2/c1-3-12-27(13-4-1)43-46-44(48-45(47-43)32-18-11-21-40-42(32)31-17-8-10-20-38(31)50-40)28-22-23-39-34(24-28)35-25-37-33(26-41(35)51-39)30-16-7-9-19-36(30)49(37)29-14-5-2-6-15-29/h1-26H. The van der Waals surface area contributed by atoms with E-state index >= 15 is 0 Å². The van der Waals surface area contributed by atoms with Crippen molar-refractivity contribution in [1.82, 2.24) is 19.5 Å². The highest BCUT2D eigenvalue weighted by Gasteiger charge is 2.20. The Morgan fingerprint density at radius 3 is 1.88 bits per heavy atom. The predicted octanol–water partition coefficient (Wildman–Crippen LogP) is 11.8. The molecular weight excluding hydrogens is 629 g/mol. The van der Waals surface area contributed by atoms with Crippen LogP contribution in [0.1, 0.15) is 0 Å². The van der Waals surface area contributed by atoms with Gasteiger partial charge in [0.2, 0.25) is 0 Å². The molecule has 0 radical (unpaired) electrons. The first-order valence-corrected chi connectivity index (χ1v) is 16.9. The molecule has 0 saturated heterocycles. The van der Waals surface area contributed by atoms with Crippen LogP contribution in [0.5, 0.6) is 0 Å². The molecule has 0 fully saturated rings. The van der Waals surface area contributed by atoms with Crippen molar-refractivity contribution < 1.29 is 8.83 Å². The molecular formula is C45H26N4O2. The van der Waals surface area contributed by atoms with Gasteiger partial charge in [-0.05, 0) is 60.7 Å². The van der Waals surface area contributed by atoms with E-state index in [2.05, 4.69) is 83.4 Å². The molecule has 0 atom stereocenters. The minimum atomic E-state index is 0.583. The van der Waals surface area contributed by atoms with E-state index in [-0.39, 0.29) is 0 Å². The summed E-state index contributed by atoms with van der Waals surface area (Å²) in [6.07, 6.45) is 0. The van der Waals surface area contributed by atoms with Gasteiger partial charge in [-0.15, -0.1) is 0 Å². The van der Waals surface area contributed by atoms with Gasteiger partial charge in [-0.2, -0.15) is 0 Å². The minimum absolute atomic E-state index is 0.583. The molecule has 4 aromatic heterocycles. The first-order chi connectivity index (χ1) is 25.3. The fourth-order valence-corrected chi connectivity index (χ4v) is 7.54. The topological polar surface area (TPSA) is 69.9 Å². The van der Waals surface area contributed by atoms with Gasteiger partial charge in [-0.25, -0.2) is 15.0 Å². The third-order valence-corrected chi connectivity index (χ3v) is 9.85. The van der Waals surface area contributed by atoms with Crippen molar-refractivity contribution in [2.75, 3.05) is 0 Å². The highest BCUT2D eigenvalue weighted by molar-refractivity contribution is 6.17. The van der Waals surface area contributed by atoms with E-state index < -0.39 is 0 Å². The Balaban J connectivity index is 1.15. The Labute approximate surface area is 290 Å². The summed E-state index contributed by atoms with van der Waals surface area (Å²) in [7, 11) is 0. The molecule has 0 aliphatic rings. The zero-order valence-electron chi connectivity index (χ0n) is 27.1. The number of nitrogens with zero attached hydrogens (tertiary/aromatic N) is 4. The zero-order chi connectivity index (χ0) is 33.5. The van der Waals surface area contributed by atoms with E-state index in [0.717, 1.165) is 82.7 Å². The molecule has 0 bridgehead atoms. The van der Waals surface area contributed by atoms with E-state index in [4.69, 9.17) is 23.8 Å². The van der Waals surface area contributed by atoms with Gasteiger partial charge in [-0.3, -0.25) is 0 Å². The van der Waals surface area contributed by atoms with Crippen molar-refractivity contribution in [3.8, 4) is 39.9 Å². The van der Waals surface area contributed by atoms with Crippen LogP contribution < -0.4 is 0 Å². The van der Waals surface area contributed by atoms with E-state index in [0.29, 0.717) is 17.5 Å². The van der Waals surface area contributed by atoms with E-state index in [1.54, 1.807) is 0 Å². The lowest BCUT2D eigenvalue weighted by molar-refractivity contribution is 0.668. The molecule has 0 N–H and O–H groups in total. The molecule has 11 rings (SSSR count). The molecule has 238 valence electrons. The maximum Gasteiger partial charge on any atom is 0.164 e. The normalized spacial score (nSPS) is 11.9. The molecule has 4 heterocycles. The van der Waals surface area contributed by atoms with Crippen LogP contribution in [0.2, 0.25) is 0 Å². The van der Waals surface area contributed by atoms with Crippen molar-refractivity contribution in [2.45, 2.75) is 0 Å². The number of hydrogen-bond donors (Lipinski definition) is 0. The Hall–Kier alpha value is -7.05. The Bertz CT molecular complexity index is 3140. The van der Waals surface area contributed by atoms with Gasteiger partial charge in [0.15, 0.2) is 17.5 Å². The highest BCUT2D eigenvalue weighted by atomic mass is 16.3. The Morgan fingerprint density at radius 1 is 0.373 bits per heavy atom. The summed E-state index contributed by atoms with van der Waals surface area (Å²) in [6, 6.07) is 53.9. The van der Waals surface area contributed by atoms with Crippen molar-refractivity contribution in [1.29, 1.82) is 0 Å². The second-order valence-electron chi connectivity index (χ2n) is 12.8. The van der Waals surface area contributed by atoms with E-state index in [1.165, 1.54) is 5.39 Å². The van der Waals surface area contributed by atoms with Crippen LogP contribution in [-0.4, -0.2) is 19.5 Å². The van der Waals surface area contributed by atoms with E-state index in [1.807, 2.05) is 78.9 Å². The van der Waals surface area contributed by atoms with Gasteiger partial charge < -0.3 is 13.4 Å². The minimum Gasteiger partial charge on any atom is -0.456 e. The summed E-state index contributed by atoms with van der Waals surface area (Å²) in [5.74, 6) is 1.77. The van der Waals surface area contributed by atoms with Crippen LogP contribution in [0, 0.1) is 0 Å². The fraction of sp³-hybridized carbons (Fsp3) is 0. The molecule has 7 aromatic carbocycles. The highest BCUT2D eigenvalue weighted by Crippen LogP contribution is 2.40. The van der Waals surface area contributed by atoms with E-state index in [9.17, 15) is 0 Å². The lowest BCUT2D eigenvalue weighted by Crippen LogP contribution is -2.00. The SMILES string of the molecule is c1ccc(-c2nc(-c3ccc4oc5cc6c7ccccc7n(-c7ccccc7)c6cc5c4c3)nc(-c3cccc4oc5ccccc5c34)n2)cc1. The van der Waals surface area contributed by atoms with Crippen molar-refractivity contribution >= 4 is 65.7 Å². The summed E-state index contributed by atoms with van der Waals surface area (Å²) in [4.78, 5) is 15.2. The fourth-order valence-electron chi connectivity index (χ4n) is 7.54. The maximum absolute atomic E-state index is 6.51. The quantitative estimate of drug-likeness (QED) is 0.189. The predicted molar refractivity (Wildman–Crippen MR) is 205 cm³/mol. The van der Waals surface area contributed by atoms with Gasteiger partial charge in [0.05, 0.1) is 11.0 Å².